The van der Waals surface area contributed by atoms with Gasteiger partial charge in [0, 0.05) is 13.0 Å². The zero-order chi connectivity index (χ0) is 11.7. The molecule has 0 aromatic heterocycles. The molecule has 0 heterocycles. The van der Waals surface area contributed by atoms with E-state index in [4.69, 9.17) is 9.47 Å². The van der Waals surface area contributed by atoms with E-state index in [1.807, 2.05) is 13.8 Å². The number of ether oxygens (including phenoxy) is 2. The molecule has 88 valence electrons. The second kappa shape index (κ2) is 8.41. The first-order valence-corrected chi connectivity index (χ1v) is 5.45. The van der Waals surface area contributed by atoms with Crippen LogP contribution in [0.1, 0.15) is 40.0 Å². The Balaban J connectivity index is 3.84. The number of rotatable bonds is 8. The van der Waals surface area contributed by atoms with Crippen LogP contribution in [0.5, 0.6) is 0 Å². The average Bonchev–Trinajstić information content (AvgIpc) is 2.23. The molecule has 0 rings (SSSR count). The first-order valence-electron chi connectivity index (χ1n) is 5.45. The molecule has 0 N–H and O–H groups in total. The van der Waals surface area contributed by atoms with Crippen molar-refractivity contribution in [2.75, 3.05) is 13.2 Å². The molecule has 0 radical (unpaired) electrons. The molecule has 4 heteroatoms. The van der Waals surface area contributed by atoms with Gasteiger partial charge in [0.05, 0.1) is 13.0 Å². The van der Waals surface area contributed by atoms with Gasteiger partial charge < -0.3 is 9.47 Å². The van der Waals surface area contributed by atoms with E-state index >= 15 is 0 Å². The molecule has 0 aliphatic heterocycles. The van der Waals surface area contributed by atoms with Crippen molar-refractivity contribution in [1.82, 2.24) is 0 Å². The topological polar surface area (TPSA) is 52.6 Å². The van der Waals surface area contributed by atoms with Crippen LogP contribution in [0.25, 0.3) is 0 Å². The van der Waals surface area contributed by atoms with E-state index in [-0.39, 0.29) is 30.7 Å². The second-order valence-electron chi connectivity index (χ2n) is 3.12. The molecule has 0 spiro atoms. The number of carbonyl (C=O) groups excluding carboxylic acids is 2. The maximum absolute atomic E-state index is 11.5. The average molecular weight is 216 g/mol. The maximum atomic E-state index is 11.5. The summed E-state index contributed by atoms with van der Waals surface area (Å²) in [5.41, 5.74) is 0. The van der Waals surface area contributed by atoms with E-state index < -0.39 is 0 Å². The summed E-state index contributed by atoms with van der Waals surface area (Å²) in [5, 5.41) is 0. The van der Waals surface area contributed by atoms with E-state index in [2.05, 4.69) is 0 Å². The summed E-state index contributed by atoms with van der Waals surface area (Å²) >= 11 is 0. The highest BCUT2D eigenvalue weighted by Crippen LogP contribution is 2.05. The quantitative estimate of drug-likeness (QED) is 0.580. The van der Waals surface area contributed by atoms with Gasteiger partial charge in [-0.15, -0.1) is 0 Å². The molecule has 0 saturated heterocycles. The van der Waals surface area contributed by atoms with Crippen LogP contribution in [-0.4, -0.2) is 31.1 Å². The SMILES string of the molecule is CCOC(=O)CCC(=O)C(CC)OCC. The highest BCUT2D eigenvalue weighted by atomic mass is 16.5. The van der Waals surface area contributed by atoms with Gasteiger partial charge in [0.2, 0.25) is 0 Å². The van der Waals surface area contributed by atoms with E-state index in [9.17, 15) is 9.59 Å². The molecule has 4 nitrogen and oxygen atoms in total. The number of ketones is 1. The number of hydrogen-bond donors (Lipinski definition) is 0. The van der Waals surface area contributed by atoms with E-state index in [0.717, 1.165) is 0 Å². The van der Waals surface area contributed by atoms with Gasteiger partial charge in [0.15, 0.2) is 5.78 Å². The van der Waals surface area contributed by atoms with Gasteiger partial charge in [-0.1, -0.05) is 6.92 Å². The lowest BCUT2D eigenvalue weighted by molar-refractivity contribution is -0.145. The lowest BCUT2D eigenvalue weighted by Crippen LogP contribution is -2.24. The summed E-state index contributed by atoms with van der Waals surface area (Å²) in [4.78, 5) is 22.5. The fourth-order valence-corrected chi connectivity index (χ4v) is 1.26. The van der Waals surface area contributed by atoms with Gasteiger partial charge in [-0.25, -0.2) is 0 Å². The Hall–Kier alpha value is -0.900. The minimum atomic E-state index is -0.371. The van der Waals surface area contributed by atoms with Crippen LogP contribution in [0.15, 0.2) is 0 Å². The zero-order valence-corrected chi connectivity index (χ0v) is 9.75. The smallest absolute Gasteiger partial charge is 0.306 e. The van der Waals surface area contributed by atoms with Crippen molar-refractivity contribution in [3.05, 3.63) is 0 Å². The van der Waals surface area contributed by atoms with Crippen LogP contribution in [0.2, 0.25) is 0 Å². The molecule has 0 amide bonds. The van der Waals surface area contributed by atoms with Crippen molar-refractivity contribution < 1.29 is 19.1 Å². The molecular formula is C11H20O4. The van der Waals surface area contributed by atoms with E-state index in [1.165, 1.54) is 0 Å². The monoisotopic (exact) mass is 216 g/mol. The van der Waals surface area contributed by atoms with Gasteiger partial charge in [-0.05, 0) is 20.3 Å². The van der Waals surface area contributed by atoms with Crippen LogP contribution in [-0.2, 0) is 19.1 Å². The van der Waals surface area contributed by atoms with Crippen molar-refractivity contribution in [3.63, 3.8) is 0 Å². The van der Waals surface area contributed by atoms with Crippen molar-refractivity contribution >= 4 is 11.8 Å². The van der Waals surface area contributed by atoms with Crippen LogP contribution >= 0.6 is 0 Å². The molecule has 0 aromatic carbocycles. The first-order chi connectivity index (χ1) is 7.15. The van der Waals surface area contributed by atoms with Crippen molar-refractivity contribution in [1.29, 1.82) is 0 Å². The second-order valence-corrected chi connectivity index (χ2v) is 3.12. The Morgan fingerprint density at radius 1 is 1.07 bits per heavy atom. The fraction of sp³-hybridized carbons (Fsp3) is 0.818. The first kappa shape index (κ1) is 14.1. The van der Waals surface area contributed by atoms with Gasteiger partial charge in [0.25, 0.3) is 0 Å². The van der Waals surface area contributed by atoms with Crippen LogP contribution in [0.3, 0.4) is 0 Å². The summed E-state index contributed by atoms with van der Waals surface area (Å²) in [6.45, 7) is 6.36. The largest absolute Gasteiger partial charge is 0.466 e. The van der Waals surface area contributed by atoms with Gasteiger partial charge in [-0.2, -0.15) is 0 Å². The molecule has 0 bridgehead atoms. The molecule has 0 saturated carbocycles. The van der Waals surface area contributed by atoms with Crippen LogP contribution < -0.4 is 0 Å². The molecule has 0 aromatic rings. The third-order valence-electron chi connectivity index (χ3n) is 1.98. The Morgan fingerprint density at radius 2 is 1.73 bits per heavy atom. The molecule has 0 aliphatic rings. The molecule has 1 unspecified atom stereocenters. The number of Topliss-reactive ketones (excluding diaryl/α,β-unsaturated/α-hetero) is 1. The third-order valence-corrected chi connectivity index (χ3v) is 1.98. The zero-order valence-electron chi connectivity index (χ0n) is 9.75. The number of carbonyl (C=O) groups is 2. The Bertz CT molecular complexity index is 201. The predicted octanol–water partition coefficient (Wildman–Crippen LogP) is 1.71. The van der Waals surface area contributed by atoms with Crippen LogP contribution in [0, 0.1) is 0 Å². The lowest BCUT2D eigenvalue weighted by Gasteiger charge is -2.12. The summed E-state index contributed by atoms with van der Waals surface area (Å²) in [6.07, 6.45) is 0.632. The third kappa shape index (κ3) is 6.23. The molecule has 15 heavy (non-hydrogen) atoms. The summed E-state index contributed by atoms with van der Waals surface area (Å²) in [6, 6.07) is 0. The van der Waals surface area contributed by atoms with Crippen molar-refractivity contribution in [3.8, 4) is 0 Å². The molecule has 0 fully saturated rings. The van der Waals surface area contributed by atoms with E-state index in [0.29, 0.717) is 19.6 Å². The Kier molecular flexibility index (Phi) is 7.91. The Morgan fingerprint density at radius 3 is 2.20 bits per heavy atom. The molecular weight excluding hydrogens is 196 g/mol. The summed E-state index contributed by atoms with van der Waals surface area (Å²) in [5.74, 6) is -0.343. The Labute approximate surface area is 90.9 Å². The van der Waals surface area contributed by atoms with Crippen LogP contribution in [0.4, 0.5) is 0 Å². The molecule has 0 aliphatic carbocycles. The lowest BCUT2D eigenvalue weighted by atomic mass is 10.1. The predicted molar refractivity (Wildman–Crippen MR) is 56.6 cm³/mol. The highest BCUT2D eigenvalue weighted by Gasteiger charge is 2.17. The summed E-state index contributed by atoms with van der Waals surface area (Å²) < 4.78 is 9.98. The molecule has 1 atom stereocenters. The minimum absolute atomic E-state index is 0.0209. The number of esters is 1. The minimum Gasteiger partial charge on any atom is -0.466 e. The van der Waals surface area contributed by atoms with Gasteiger partial charge in [-0.3, -0.25) is 9.59 Å². The van der Waals surface area contributed by atoms with Gasteiger partial charge in [0.1, 0.15) is 6.10 Å². The van der Waals surface area contributed by atoms with Crippen molar-refractivity contribution in [2.45, 2.75) is 46.1 Å². The maximum Gasteiger partial charge on any atom is 0.306 e. The van der Waals surface area contributed by atoms with Gasteiger partial charge >= 0.3 is 5.97 Å². The fourth-order valence-electron chi connectivity index (χ4n) is 1.26. The normalized spacial score (nSPS) is 12.2. The highest BCUT2D eigenvalue weighted by molar-refractivity contribution is 5.86. The standard InChI is InChI=1S/C11H20O4/c1-4-10(14-5-2)9(12)7-8-11(13)15-6-3/h10H,4-8H2,1-3H3. The number of hydrogen-bond acceptors (Lipinski definition) is 4. The van der Waals surface area contributed by atoms with E-state index in [1.54, 1.807) is 6.92 Å². The van der Waals surface area contributed by atoms with Crippen molar-refractivity contribution in [2.24, 2.45) is 0 Å². The summed E-state index contributed by atoms with van der Waals surface area (Å²) in [7, 11) is 0.